The SMILES string of the molecule is CC/C=C\C/C=C\C/C=C\C/C=C\C/C=C\C/C=C\CCC(=O)N[C@@H](CCCNC(=O)CCCCC1CCSS1)C(=O)O. The van der Waals surface area contributed by atoms with Gasteiger partial charge in [-0.25, -0.2) is 4.79 Å². The van der Waals surface area contributed by atoms with E-state index >= 15 is 0 Å². The molecule has 43 heavy (non-hydrogen) atoms. The molecule has 240 valence electrons. The highest BCUT2D eigenvalue weighted by Crippen LogP contribution is 2.39. The first-order valence-corrected chi connectivity index (χ1v) is 18.4. The molecule has 2 amide bonds. The van der Waals surface area contributed by atoms with Crippen LogP contribution in [0.1, 0.15) is 103 Å². The molecular formula is C35H54N2O4S2. The third-order valence-corrected chi connectivity index (χ3v) is 9.67. The normalized spacial score (nSPS) is 16.5. The molecule has 0 aromatic carbocycles. The van der Waals surface area contributed by atoms with Gasteiger partial charge < -0.3 is 15.7 Å². The topological polar surface area (TPSA) is 95.5 Å². The Morgan fingerprint density at radius 3 is 1.88 bits per heavy atom. The van der Waals surface area contributed by atoms with E-state index < -0.39 is 12.0 Å². The van der Waals surface area contributed by atoms with Crippen LogP contribution in [-0.2, 0) is 14.4 Å². The van der Waals surface area contributed by atoms with Crippen molar-refractivity contribution >= 4 is 39.4 Å². The van der Waals surface area contributed by atoms with Crippen molar-refractivity contribution in [1.82, 2.24) is 10.6 Å². The molecule has 0 saturated carbocycles. The van der Waals surface area contributed by atoms with E-state index in [2.05, 4.69) is 78.3 Å². The first-order chi connectivity index (χ1) is 21.0. The van der Waals surface area contributed by atoms with Crippen molar-refractivity contribution in [1.29, 1.82) is 0 Å². The number of amides is 2. The Hall–Kier alpha value is -2.45. The molecule has 1 saturated heterocycles. The van der Waals surface area contributed by atoms with Gasteiger partial charge in [-0.3, -0.25) is 9.59 Å². The zero-order chi connectivity index (χ0) is 31.2. The first kappa shape index (κ1) is 38.6. The number of hydrogen-bond donors (Lipinski definition) is 3. The average molecular weight is 631 g/mol. The molecule has 0 aromatic heterocycles. The summed E-state index contributed by atoms with van der Waals surface area (Å²) >= 11 is 0. The summed E-state index contributed by atoms with van der Waals surface area (Å²) in [6.45, 7) is 2.57. The van der Waals surface area contributed by atoms with Gasteiger partial charge in [0.25, 0.3) is 0 Å². The zero-order valence-electron chi connectivity index (χ0n) is 26.1. The van der Waals surface area contributed by atoms with Crippen molar-refractivity contribution in [2.75, 3.05) is 12.3 Å². The Morgan fingerprint density at radius 1 is 0.767 bits per heavy atom. The minimum Gasteiger partial charge on any atom is -0.480 e. The molecular weight excluding hydrogens is 577 g/mol. The predicted molar refractivity (Wildman–Crippen MR) is 186 cm³/mol. The van der Waals surface area contributed by atoms with Gasteiger partial charge in [0.2, 0.25) is 11.8 Å². The molecule has 0 aliphatic carbocycles. The van der Waals surface area contributed by atoms with E-state index in [4.69, 9.17) is 0 Å². The number of carboxylic acid groups (broad SMARTS) is 1. The number of carbonyl (C=O) groups excluding carboxylic acids is 2. The Bertz CT molecular complexity index is 934. The largest absolute Gasteiger partial charge is 0.480 e. The second-order valence-electron chi connectivity index (χ2n) is 10.5. The van der Waals surface area contributed by atoms with Crippen LogP contribution in [0, 0.1) is 0 Å². The highest BCUT2D eigenvalue weighted by Gasteiger charge is 2.19. The van der Waals surface area contributed by atoms with Crippen molar-refractivity contribution in [3.8, 4) is 0 Å². The standard InChI is InChI=1S/C35H54N2O4S2/c1-2-3-4-5-6-7-8-9-10-11-12-13-14-15-16-17-18-19-20-27-34(39)37-32(35(40)41)25-23-29-36-33(38)26-22-21-24-31-28-30-42-43-31/h3-4,6-7,9-10,12-13,15-16,18-19,31-32H,2,5,8,11,14,17,20-30H2,1H3,(H,36,38)(H,37,39)(H,40,41)/b4-3-,7-6-,10-9-,13-12-,16-15-,19-18-/t31?,32-/m0/s1. The van der Waals surface area contributed by atoms with E-state index in [1.807, 2.05) is 33.7 Å². The lowest BCUT2D eigenvalue weighted by Gasteiger charge is -2.14. The summed E-state index contributed by atoms with van der Waals surface area (Å²) < 4.78 is 0. The third-order valence-electron chi connectivity index (χ3n) is 6.67. The maximum atomic E-state index is 12.2. The lowest BCUT2D eigenvalue weighted by atomic mass is 10.1. The highest BCUT2D eigenvalue weighted by atomic mass is 33.1. The first-order valence-electron chi connectivity index (χ1n) is 16.0. The Labute approximate surface area is 268 Å². The van der Waals surface area contributed by atoms with Gasteiger partial charge in [-0.2, -0.15) is 0 Å². The van der Waals surface area contributed by atoms with Crippen LogP contribution in [0.4, 0.5) is 0 Å². The molecule has 1 heterocycles. The highest BCUT2D eigenvalue weighted by molar-refractivity contribution is 8.77. The summed E-state index contributed by atoms with van der Waals surface area (Å²) in [5.41, 5.74) is 0. The van der Waals surface area contributed by atoms with E-state index in [1.54, 1.807) is 0 Å². The van der Waals surface area contributed by atoms with E-state index in [-0.39, 0.29) is 24.7 Å². The van der Waals surface area contributed by atoms with Crippen LogP contribution in [0.3, 0.4) is 0 Å². The van der Waals surface area contributed by atoms with Crippen LogP contribution < -0.4 is 10.6 Å². The molecule has 1 aliphatic heterocycles. The summed E-state index contributed by atoms with van der Waals surface area (Å²) in [5.74, 6) is -0.0658. The Kier molecular flexibility index (Phi) is 25.4. The number of unbranched alkanes of at least 4 members (excludes halogenated alkanes) is 1. The second-order valence-corrected chi connectivity index (χ2v) is 13.3. The molecule has 0 spiro atoms. The number of rotatable bonds is 25. The Morgan fingerprint density at radius 2 is 1.35 bits per heavy atom. The van der Waals surface area contributed by atoms with E-state index in [0.29, 0.717) is 25.8 Å². The van der Waals surface area contributed by atoms with Crippen molar-refractivity contribution in [3.05, 3.63) is 72.9 Å². The van der Waals surface area contributed by atoms with Crippen molar-refractivity contribution in [3.63, 3.8) is 0 Å². The van der Waals surface area contributed by atoms with Gasteiger partial charge in [0.15, 0.2) is 0 Å². The minimum absolute atomic E-state index is 0.0146. The summed E-state index contributed by atoms with van der Waals surface area (Å²) in [6, 6.07) is -0.934. The van der Waals surface area contributed by atoms with Crippen LogP contribution in [0.2, 0.25) is 0 Å². The lowest BCUT2D eigenvalue weighted by Crippen LogP contribution is -2.41. The van der Waals surface area contributed by atoms with Crippen LogP contribution in [-0.4, -0.2) is 46.5 Å². The summed E-state index contributed by atoms with van der Waals surface area (Å²) in [7, 11) is 3.91. The molecule has 1 rings (SSSR count). The quantitative estimate of drug-likeness (QED) is 0.0531. The molecule has 2 atom stereocenters. The van der Waals surface area contributed by atoms with E-state index in [0.717, 1.165) is 56.6 Å². The van der Waals surface area contributed by atoms with Crippen LogP contribution in [0.15, 0.2) is 72.9 Å². The number of carboxylic acids is 1. The number of nitrogens with one attached hydrogen (secondary N) is 2. The van der Waals surface area contributed by atoms with E-state index in [9.17, 15) is 19.5 Å². The summed E-state index contributed by atoms with van der Waals surface area (Å²) in [4.78, 5) is 35.8. The maximum absolute atomic E-state index is 12.2. The number of aliphatic carboxylic acids is 1. The number of allylic oxidation sites excluding steroid dienone is 12. The molecule has 1 unspecified atom stereocenters. The van der Waals surface area contributed by atoms with Crippen LogP contribution >= 0.6 is 21.6 Å². The minimum atomic E-state index is -1.04. The molecule has 1 aliphatic rings. The van der Waals surface area contributed by atoms with Crippen LogP contribution in [0.5, 0.6) is 0 Å². The van der Waals surface area contributed by atoms with E-state index in [1.165, 1.54) is 18.6 Å². The number of hydrogen-bond acceptors (Lipinski definition) is 5. The van der Waals surface area contributed by atoms with Crippen molar-refractivity contribution < 1.29 is 19.5 Å². The van der Waals surface area contributed by atoms with Gasteiger partial charge in [-0.05, 0) is 77.0 Å². The van der Waals surface area contributed by atoms with Gasteiger partial charge in [0, 0.05) is 30.4 Å². The predicted octanol–water partition coefficient (Wildman–Crippen LogP) is 8.64. The van der Waals surface area contributed by atoms with Gasteiger partial charge in [0.1, 0.15) is 6.04 Å². The van der Waals surface area contributed by atoms with Gasteiger partial charge in [-0.1, -0.05) is 108 Å². The molecule has 3 N–H and O–H groups in total. The third kappa shape index (κ3) is 24.7. The summed E-state index contributed by atoms with van der Waals surface area (Å²) in [5, 5.41) is 15.7. The molecule has 0 bridgehead atoms. The molecule has 0 aromatic rings. The monoisotopic (exact) mass is 630 g/mol. The van der Waals surface area contributed by atoms with Crippen LogP contribution in [0.25, 0.3) is 0 Å². The fourth-order valence-corrected chi connectivity index (χ4v) is 7.25. The molecule has 1 fully saturated rings. The van der Waals surface area contributed by atoms with Crippen molar-refractivity contribution in [2.45, 2.75) is 115 Å². The average Bonchev–Trinajstić information content (AvgIpc) is 3.51. The smallest absolute Gasteiger partial charge is 0.326 e. The molecule has 8 heteroatoms. The Balaban J connectivity index is 2.05. The molecule has 0 radical (unpaired) electrons. The summed E-state index contributed by atoms with van der Waals surface area (Å²) in [6.07, 6.45) is 37.9. The lowest BCUT2D eigenvalue weighted by molar-refractivity contribution is -0.142. The fourth-order valence-electron chi connectivity index (χ4n) is 4.22. The van der Waals surface area contributed by atoms with Crippen molar-refractivity contribution in [2.24, 2.45) is 0 Å². The maximum Gasteiger partial charge on any atom is 0.326 e. The van der Waals surface area contributed by atoms with Gasteiger partial charge in [0.05, 0.1) is 0 Å². The second kappa shape index (κ2) is 28.3. The zero-order valence-corrected chi connectivity index (χ0v) is 27.7. The number of carbonyl (C=O) groups is 3. The fraction of sp³-hybridized carbons (Fsp3) is 0.571. The van der Waals surface area contributed by atoms with Gasteiger partial charge >= 0.3 is 5.97 Å². The van der Waals surface area contributed by atoms with Gasteiger partial charge in [-0.15, -0.1) is 0 Å². The molecule has 6 nitrogen and oxygen atoms in total.